The Morgan fingerprint density at radius 1 is 1.30 bits per heavy atom. The van der Waals surface area contributed by atoms with Crippen molar-refractivity contribution in [2.45, 2.75) is 13.5 Å². The van der Waals surface area contributed by atoms with Gasteiger partial charge in [0.15, 0.2) is 0 Å². The number of aromatic hydroxyl groups is 1. The average Bonchev–Trinajstić information content (AvgIpc) is 2.41. The molecule has 0 atom stereocenters. The average molecular weight is 295 g/mol. The first-order chi connectivity index (χ1) is 9.50. The Morgan fingerprint density at radius 3 is 2.70 bits per heavy atom. The predicted octanol–water partition coefficient (Wildman–Crippen LogP) is 3.85. The third-order valence-corrected chi connectivity index (χ3v) is 3.22. The van der Waals surface area contributed by atoms with Gasteiger partial charge in [-0.2, -0.15) is 0 Å². The summed E-state index contributed by atoms with van der Waals surface area (Å²) in [5.41, 5.74) is 0.704. The summed E-state index contributed by atoms with van der Waals surface area (Å²) in [6.07, 6.45) is 0. The van der Waals surface area contributed by atoms with Crippen molar-refractivity contribution < 1.29 is 19.0 Å². The third-order valence-electron chi connectivity index (χ3n) is 2.87. The van der Waals surface area contributed by atoms with Crippen LogP contribution in [-0.4, -0.2) is 11.1 Å². The molecule has 0 fully saturated rings. The molecular weight excluding hydrogens is 283 g/mol. The number of esters is 1. The van der Waals surface area contributed by atoms with E-state index in [1.54, 1.807) is 19.1 Å². The van der Waals surface area contributed by atoms with Crippen LogP contribution < -0.4 is 0 Å². The van der Waals surface area contributed by atoms with E-state index in [4.69, 9.17) is 16.3 Å². The van der Waals surface area contributed by atoms with Gasteiger partial charge < -0.3 is 9.84 Å². The number of hydrogen-bond acceptors (Lipinski definition) is 3. The summed E-state index contributed by atoms with van der Waals surface area (Å²) in [6.45, 7) is 1.37. The molecule has 0 aliphatic heterocycles. The second kappa shape index (κ2) is 5.92. The van der Waals surface area contributed by atoms with Crippen molar-refractivity contribution in [2.75, 3.05) is 0 Å². The van der Waals surface area contributed by atoms with Crippen LogP contribution in [0.15, 0.2) is 36.4 Å². The first kappa shape index (κ1) is 14.3. The van der Waals surface area contributed by atoms with Gasteiger partial charge in [-0.05, 0) is 30.7 Å². The molecule has 2 rings (SSSR count). The molecule has 0 radical (unpaired) electrons. The van der Waals surface area contributed by atoms with Gasteiger partial charge in [0.1, 0.15) is 23.7 Å². The van der Waals surface area contributed by atoms with E-state index < -0.39 is 11.8 Å². The smallest absolute Gasteiger partial charge is 0.342 e. The van der Waals surface area contributed by atoms with Crippen LogP contribution in [0, 0.1) is 12.7 Å². The van der Waals surface area contributed by atoms with Gasteiger partial charge in [-0.1, -0.05) is 29.8 Å². The molecule has 0 unspecified atom stereocenters. The quantitative estimate of drug-likeness (QED) is 0.875. The number of rotatable bonds is 3. The van der Waals surface area contributed by atoms with Crippen LogP contribution in [0.5, 0.6) is 5.75 Å². The van der Waals surface area contributed by atoms with E-state index in [9.17, 15) is 14.3 Å². The van der Waals surface area contributed by atoms with E-state index in [0.29, 0.717) is 5.56 Å². The molecule has 2 aromatic rings. The van der Waals surface area contributed by atoms with Crippen molar-refractivity contribution in [1.82, 2.24) is 0 Å². The maximum atomic E-state index is 13.5. The molecule has 3 nitrogen and oxygen atoms in total. The number of phenols is 1. The third kappa shape index (κ3) is 2.91. The lowest BCUT2D eigenvalue weighted by Crippen LogP contribution is -2.07. The van der Waals surface area contributed by atoms with Gasteiger partial charge in [-0.25, -0.2) is 9.18 Å². The molecule has 0 aromatic heterocycles. The Balaban J connectivity index is 2.15. The molecule has 20 heavy (non-hydrogen) atoms. The van der Waals surface area contributed by atoms with E-state index in [2.05, 4.69) is 0 Å². The fourth-order valence-corrected chi connectivity index (χ4v) is 1.93. The maximum absolute atomic E-state index is 13.5. The summed E-state index contributed by atoms with van der Waals surface area (Å²) in [5, 5.41) is 9.96. The summed E-state index contributed by atoms with van der Waals surface area (Å²) in [7, 11) is 0. The number of carbonyl (C=O) groups is 1. The summed E-state index contributed by atoms with van der Waals surface area (Å²) >= 11 is 5.83. The van der Waals surface area contributed by atoms with Gasteiger partial charge in [0, 0.05) is 5.56 Å². The first-order valence-electron chi connectivity index (χ1n) is 5.89. The molecule has 0 saturated carbocycles. The normalized spacial score (nSPS) is 10.3. The summed E-state index contributed by atoms with van der Waals surface area (Å²) in [6, 6.07) is 8.95. The van der Waals surface area contributed by atoms with Gasteiger partial charge in [-0.3, -0.25) is 0 Å². The lowest BCUT2D eigenvalue weighted by atomic mass is 10.1. The highest BCUT2D eigenvalue weighted by molar-refractivity contribution is 6.31. The number of halogens is 2. The SMILES string of the molecule is Cc1cccc(C(=O)OCc2c(F)cccc2Cl)c1O. The zero-order valence-electron chi connectivity index (χ0n) is 10.7. The fraction of sp³-hybridized carbons (Fsp3) is 0.133. The van der Waals surface area contributed by atoms with Gasteiger partial charge >= 0.3 is 5.97 Å². The molecule has 0 heterocycles. The zero-order valence-corrected chi connectivity index (χ0v) is 11.4. The van der Waals surface area contributed by atoms with E-state index in [0.717, 1.165) is 0 Å². The number of aryl methyl sites for hydroxylation is 1. The summed E-state index contributed by atoms with van der Waals surface area (Å²) < 4.78 is 18.5. The van der Waals surface area contributed by atoms with Crippen molar-refractivity contribution in [1.29, 1.82) is 0 Å². The standard InChI is InChI=1S/C15H12ClFO3/c1-9-4-2-5-10(14(9)18)15(19)20-8-11-12(16)6-3-7-13(11)17/h2-7,18H,8H2,1H3. The lowest BCUT2D eigenvalue weighted by molar-refractivity contribution is 0.0465. The van der Waals surface area contributed by atoms with Gasteiger partial charge in [0.2, 0.25) is 0 Å². The van der Waals surface area contributed by atoms with Gasteiger partial charge in [0.25, 0.3) is 0 Å². The molecule has 0 amide bonds. The molecule has 0 bridgehead atoms. The predicted molar refractivity (Wildman–Crippen MR) is 73.4 cm³/mol. The first-order valence-corrected chi connectivity index (χ1v) is 6.27. The minimum Gasteiger partial charge on any atom is -0.507 e. The lowest BCUT2D eigenvalue weighted by Gasteiger charge is -2.09. The minimum atomic E-state index is -0.731. The highest BCUT2D eigenvalue weighted by Gasteiger charge is 2.15. The Kier molecular flexibility index (Phi) is 4.25. The molecule has 2 aromatic carbocycles. The van der Waals surface area contributed by atoms with Crippen molar-refractivity contribution >= 4 is 17.6 Å². The van der Waals surface area contributed by atoms with Crippen LogP contribution in [0.1, 0.15) is 21.5 Å². The Bertz CT molecular complexity index is 635. The number of carbonyl (C=O) groups excluding carboxylic acids is 1. The topological polar surface area (TPSA) is 46.5 Å². The van der Waals surface area contributed by atoms with E-state index in [1.807, 2.05) is 0 Å². The van der Waals surface area contributed by atoms with Crippen molar-refractivity contribution in [3.05, 3.63) is 63.9 Å². The molecule has 1 N–H and O–H groups in total. The van der Waals surface area contributed by atoms with Crippen molar-refractivity contribution in [3.63, 3.8) is 0 Å². The van der Waals surface area contributed by atoms with Crippen LogP contribution in [-0.2, 0) is 11.3 Å². The van der Waals surface area contributed by atoms with Gasteiger partial charge in [0.05, 0.1) is 5.02 Å². The molecule has 0 saturated heterocycles. The molecule has 0 aliphatic rings. The largest absolute Gasteiger partial charge is 0.507 e. The Labute approximate surface area is 120 Å². The number of benzene rings is 2. The molecular formula is C15H12ClFO3. The second-order valence-corrected chi connectivity index (χ2v) is 4.65. The summed E-state index contributed by atoms with van der Waals surface area (Å²) in [4.78, 5) is 11.9. The van der Waals surface area contributed by atoms with E-state index >= 15 is 0 Å². The number of phenolic OH excluding ortho intramolecular Hbond substituents is 1. The molecule has 5 heteroatoms. The van der Waals surface area contributed by atoms with Crippen LogP contribution in [0.3, 0.4) is 0 Å². The maximum Gasteiger partial charge on any atom is 0.342 e. The van der Waals surface area contributed by atoms with Crippen molar-refractivity contribution in [2.24, 2.45) is 0 Å². The van der Waals surface area contributed by atoms with E-state index in [-0.39, 0.29) is 28.5 Å². The van der Waals surface area contributed by atoms with Crippen LogP contribution >= 0.6 is 11.6 Å². The molecule has 0 spiro atoms. The second-order valence-electron chi connectivity index (χ2n) is 4.25. The van der Waals surface area contributed by atoms with Crippen LogP contribution in [0.2, 0.25) is 5.02 Å². The van der Waals surface area contributed by atoms with Gasteiger partial charge in [-0.15, -0.1) is 0 Å². The van der Waals surface area contributed by atoms with Crippen LogP contribution in [0.4, 0.5) is 4.39 Å². The zero-order chi connectivity index (χ0) is 14.7. The molecule has 104 valence electrons. The molecule has 0 aliphatic carbocycles. The fourth-order valence-electron chi connectivity index (χ4n) is 1.71. The number of hydrogen-bond donors (Lipinski definition) is 1. The highest BCUT2D eigenvalue weighted by atomic mass is 35.5. The Morgan fingerprint density at radius 2 is 2.00 bits per heavy atom. The van der Waals surface area contributed by atoms with Crippen LogP contribution in [0.25, 0.3) is 0 Å². The Hall–Kier alpha value is -2.07. The monoisotopic (exact) mass is 294 g/mol. The number of para-hydroxylation sites is 1. The van der Waals surface area contributed by atoms with E-state index in [1.165, 1.54) is 24.3 Å². The minimum absolute atomic E-state index is 0.0393. The highest BCUT2D eigenvalue weighted by Crippen LogP contribution is 2.24. The number of ether oxygens (including phenoxy) is 1. The summed E-state index contributed by atoms with van der Waals surface area (Å²) in [5.74, 6) is -1.42. The van der Waals surface area contributed by atoms with Crippen molar-refractivity contribution in [3.8, 4) is 5.75 Å².